The summed E-state index contributed by atoms with van der Waals surface area (Å²) in [4.78, 5) is 31.6. The number of anilines is 1. The highest BCUT2D eigenvalue weighted by Crippen LogP contribution is 2.38. The molecule has 2 aromatic heterocycles. The average Bonchev–Trinajstić information content (AvgIpc) is 3.69. The van der Waals surface area contributed by atoms with Crippen molar-refractivity contribution in [3.8, 4) is 22.9 Å². The number of nitrogens with one attached hydrogen (secondary N) is 1. The number of amides is 2. The number of tetrazole rings is 1. The van der Waals surface area contributed by atoms with Crippen molar-refractivity contribution < 1.29 is 19.1 Å². The first kappa shape index (κ1) is 27.2. The highest BCUT2D eigenvalue weighted by molar-refractivity contribution is 7.10. The zero-order chi connectivity index (χ0) is 28.2. The number of carbonyl (C=O) groups excluding carboxylic acids is 2. The maximum Gasteiger partial charge on any atom is 0.251 e. The molecular formula is C29H29ClN6O4S. The number of hydrogen-bond donors (Lipinski definition) is 1. The van der Waals surface area contributed by atoms with E-state index in [0.29, 0.717) is 41.2 Å². The summed E-state index contributed by atoms with van der Waals surface area (Å²) in [6.07, 6.45) is 5.18. The molecule has 41 heavy (non-hydrogen) atoms. The van der Waals surface area contributed by atoms with Gasteiger partial charge in [-0.1, -0.05) is 36.9 Å². The van der Waals surface area contributed by atoms with Crippen LogP contribution in [-0.2, 0) is 16.1 Å². The summed E-state index contributed by atoms with van der Waals surface area (Å²) in [7, 11) is 0. The molecule has 1 fully saturated rings. The minimum absolute atomic E-state index is 0.0786. The Morgan fingerprint density at radius 2 is 1.83 bits per heavy atom. The number of thiophene rings is 1. The Hall–Kier alpha value is -3.96. The number of ether oxygens (including phenoxy) is 2. The topological polar surface area (TPSA) is 111 Å². The number of rotatable bonds is 8. The van der Waals surface area contributed by atoms with Crippen molar-refractivity contribution in [1.82, 2.24) is 25.5 Å². The van der Waals surface area contributed by atoms with E-state index < -0.39 is 6.04 Å². The lowest BCUT2D eigenvalue weighted by Gasteiger charge is -2.33. The van der Waals surface area contributed by atoms with Gasteiger partial charge >= 0.3 is 0 Å². The van der Waals surface area contributed by atoms with Crippen molar-refractivity contribution in [2.45, 2.75) is 50.7 Å². The van der Waals surface area contributed by atoms with Crippen molar-refractivity contribution in [3.05, 3.63) is 69.9 Å². The summed E-state index contributed by atoms with van der Waals surface area (Å²) in [6, 6.07) is 15.3. The normalized spacial score (nSPS) is 15.7. The average molecular weight is 593 g/mol. The molecule has 1 atom stereocenters. The standard InChI is InChI=1S/C29H29ClN6O4S/c30-20-10-8-19(9-11-20)28-32-34-35(33-28)18-26(37)36(22-12-13-23-24(17-22)40-15-14-39-23)27(25-7-4-16-41-25)29(38)31-21-5-2-1-3-6-21/h4,7-13,16-17,21,27H,1-3,5-6,14-15,18H2,(H,31,38). The third-order valence-corrected chi connectivity index (χ3v) is 8.35. The van der Waals surface area contributed by atoms with E-state index >= 15 is 0 Å². The van der Waals surface area contributed by atoms with E-state index in [9.17, 15) is 9.59 Å². The first-order valence-electron chi connectivity index (χ1n) is 13.6. The summed E-state index contributed by atoms with van der Waals surface area (Å²) in [5, 5.41) is 18.4. The molecule has 1 N–H and O–H groups in total. The number of halogens is 1. The zero-order valence-corrected chi connectivity index (χ0v) is 23.8. The van der Waals surface area contributed by atoms with E-state index in [-0.39, 0.29) is 24.4 Å². The maximum absolute atomic E-state index is 14.1. The Balaban J connectivity index is 1.34. The molecule has 0 spiro atoms. The number of carbonyl (C=O) groups is 2. The van der Waals surface area contributed by atoms with E-state index in [1.165, 1.54) is 27.5 Å². The van der Waals surface area contributed by atoms with Crippen LogP contribution in [-0.4, -0.2) is 51.3 Å². The second kappa shape index (κ2) is 12.3. The molecule has 1 aliphatic carbocycles. The maximum atomic E-state index is 14.1. The molecule has 10 nitrogen and oxygen atoms in total. The number of aromatic nitrogens is 4. The molecule has 1 unspecified atom stereocenters. The third kappa shape index (κ3) is 6.20. The van der Waals surface area contributed by atoms with Gasteiger partial charge in [0.2, 0.25) is 11.7 Å². The van der Waals surface area contributed by atoms with Gasteiger partial charge in [-0.25, -0.2) is 0 Å². The van der Waals surface area contributed by atoms with Gasteiger partial charge in [0.05, 0.1) is 0 Å². The minimum Gasteiger partial charge on any atom is -0.486 e. The lowest BCUT2D eigenvalue weighted by molar-refractivity contribution is -0.127. The van der Waals surface area contributed by atoms with Gasteiger partial charge in [-0.15, -0.1) is 21.5 Å². The van der Waals surface area contributed by atoms with Crippen molar-refractivity contribution >= 4 is 40.4 Å². The summed E-state index contributed by atoms with van der Waals surface area (Å²) >= 11 is 7.44. The molecule has 2 aliphatic rings. The number of fused-ring (bicyclic) bond motifs is 1. The van der Waals surface area contributed by atoms with E-state index in [2.05, 4.69) is 20.7 Å². The van der Waals surface area contributed by atoms with Gasteiger partial charge in [0, 0.05) is 33.3 Å². The molecule has 12 heteroatoms. The molecule has 2 amide bonds. The Morgan fingerprint density at radius 1 is 1.05 bits per heavy atom. The predicted molar refractivity (Wildman–Crippen MR) is 155 cm³/mol. The van der Waals surface area contributed by atoms with Gasteiger partial charge in [-0.2, -0.15) is 4.80 Å². The van der Waals surface area contributed by atoms with Crippen LogP contribution in [0.5, 0.6) is 11.5 Å². The molecule has 212 valence electrons. The second-order valence-electron chi connectivity index (χ2n) is 10.0. The lowest BCUT2D eigenvalue weighted by Crippen LogP contribution is -2.48. The number of nitrogens with zero attached hydrogens (tertiary/aromatic N) is 5. The number of benzene rings is 2. The van der Waals surface area contributed by atoms with Gasteiger partial charge in [0.15, 0.2) is 11.5 Å². The predicted octanol–water partition coefficient (Wildman–Crippen LogP) is 5.05. The Morgan fingerprint density at radius 3 is 2.59 bits per heavy atom. The quantitative estimate of drug-likeness (QED) is 0.305. The highest BCUT2D eigenvalue weighted by atomic mass is 35.5. The molecule has 6 rings (SSSR count). The first-order chi connectivity index (χ1) is 20.0. The monoisotopic (exact) mass is 592 g/mol. The Labute approximate surface area is 246 Å². The summed E-state index contributed by atoms with van der Waals surface area (Å²) < 4.78 is 11.5. The van der Waals surface area contributed by atoms with Crippen molar-refractivity contribution in [1.29, 1.82) is 0 Å². The van der Waals surface area contributed by atoms with E-state index in [1.807, 2.05) is 17.5 Å². The van der Waals surface area contributed by atoms with Crippen LogP contribution in [0.3, 0.4) is 0 Å². The van der Waals surface area contributed by atoms with Crippen LogP contribution in [0.15, 0.2) is 60.0 Å². The van der Waals surface area contributed by atoms with Gasteiger partial charge in [0.1, 0.15) is 25.8 Å². The second-order valence-corrected chi connectivity index (χ2v) is 11.4. The smallest absolute Gasteiger partial charge is 0.251 e. The van der Waals surface area contributed by atoms with Crippen LogP contribution >= 0.6 is 22.9 Å². The third-order valence-electron chi connectivity index (χ3n) is 7.18. The molecule has 0 bridgehead atoms. The largest absolute Gasteiger partial charge is 0.486 e. The summed E-state index contributed by atoms with van der Waals surface area (Å²) in [5.74, 6) is 0.880. The van der Waals surface area contributed by atoms with Gasteiger partial charge in [-0.05, 0) is 65.9 Å². The summed E-state index contributed by atoms with van der Waals surface area (Å²) in [5.41, 5.74) is 1.23. The van der Waals surface area contributed by atoms with Crippen LogP contribution in [0.1, 0.15) is 43.0 Å². The molecule has 4 aromatic rings. The SMILES string of the molecule is O=C(NC1CCCCC1)C(c1cccs1)N(C(=O)Cn1nnc(-c2ccc(Cl)cc2)n1)c1ccc2c(c1)OCCO2. The van der Waals surface area contributed by atoms with Gasteiger partial charge in [-0.3, -0.25) is 14.5 Å². The number of hydrogen-bond acceptors (Lipinski definition) is 8. The zero-order valence-electron chi connectivity index (χ0n) is 22.2. The Kier molecular flexibility index (Phi) is 8.15. The Bertz CT molecular complexity index is 1500. The van der Waals surface area contributed by atoms with E-state index in [1.54, 1.807) is 42.5 Å². The lowest BCUT2D eigenvalue weighted by atomic mass is 9.95. The van der Waals surface area contributed by atoms with Crippen LogP contribution in [0.25, 0.3) is 11.4 Å². The van der Waals surface area contributed by atoms with Gasteiger partial charge < -0.3 is 14.8 Å². The highest BCUT2D eigenvalue weighted by Gasteiger charge is 2.36. The van der Waals surface area contributed by atoms with Crippen LogP contribution in [0.2, 0.25) is 5.02 Å². The fraction of sp³-hybridized carbons (Fsp3) is 0.345. The molecule has 2 aromatic carbocycles. The fourth-order valence-electron chi connectivity index (χ4n) is 5.19. The van der Waals surface area contributed by atoms with E-state index in [0.717, 1.165) is 36.1 Å². The molecular weight excluding hydrogens is 564 g/mol. The van der Waals surface area contributed by atoms with Crippen LogP contribution in [0.4, 0.5) is 5.69 Å². The van der Waals surface area contributed by atoms with Crippen molar-refractivity contribution in [3.63, 3.8) is 0 Å². The molecule has 0 radical (unpaired) electrons. The minimum atomic E-state index is -0.897. The van der Waals surface area contributed by atoms with Crippen LogP contribution in [0, 0.1) is 0 Å². The fourth-order valence-corrected chi connectivity index (χ4v) is 6.13. The first-order valence-corrected chi connectivity index (χ1v) is 14.9. The molecule has 3 heterocycles. The van der Waals surface area contributed by atoms with Gasteiger partial charge in [0.25, 0.3) is 5.91 Å². The van der Waals surface area contributed by atoms with E-state index in [4.69, 9.17) is 21.1 Å². The molecule has 1 aliphatic heterocycles. The van der Waals surface area contributed by atoms with Crippen molar-refractivity contribution in [2.75, 3.05) is 18.1 Å². The van der Waals surface area contributed by atoms with Crippen molar-refractivity contribution in [2.24, 2.45) is 0 Å². The molecule has 1 saturated carbocycles. The van der Waals surface area contributed by atoms with Crippen LogP contribution < -0.4 is 19.7 Å². The molecule has 0 saturated heterocycles. The summed E-state index contributed by atoms with van der Waals surface area (Å²) in [6.45, 7) is 0.620.